The van der Waals surface area contributed by atoms with Crippen molar-refractivity contribution in [3.05, 3.63) is 52.3 Å². The number of carbonyl (C=O) groups is 1. The van der Waals surface area contributed by atoms with Crippen LogP contribution in [0.5, 0.6) is 0 Å². The van der Waals surface area contributed by atoms with Gasteiger partial charge in [0.05, 0.1) is 24.6 Å². The van der Waals surface area contributed by atoms with Crippen molar-refractivity contribution in [3.63, 3.8) is 0 Å². The van der Waals surface area contributed by atoms with Crippen LogP contribution in [0.2, 0.25) is 0 Å². The molecule has 1 N–H and O–H groups in total. The third-order valence-electron chi connectivity index (χ3n) is 6.31. The number of nitrogens with one attached hydrogen (secondary N) is 1. The Morgan fingerprint density at radius 2 is 1.78 bits per heavy atom. The van der Waals surface area contributed by atoms with Crippen LogP contribution in [-0.2, 0) is 16.0 Å². The first kappa shape index (κ1) is 22.4. The molecule has 0 unspecified atom stereocenters. The molecule has 4 rings (SSSR count). The average molecular weight is 436 g/mol. The highest BCUT2D eigenvalue weighted by atomic mass is 16.5. The summed E-state index contributed by atoms with van der Waals surface area (Å²) < 4.78 is 7.29. The van der Waals surface area contributed by atoms with E-state index in [9.17, 15) is 4.79 Å². The van der Waals surface area contributed by atoms with Crippen molar-refractivity contribution in [2.24, 2.45) is 0 Å². The lowest BCUT2D eigenvalue weighted by atomic mass is 9.99. The molecule has 1 aromatic carbocycles. The largest absolute Gasteiger partial charge is 0.379 e. The number of pyridine rings is 1. The quantitative estimate of drug-likeness (QED) is 0.618. The molecule has 2 aromatic heterocycles. The molecule has 1 saturated heterocycles. The zero-order chi connectivity index (χ0) is 22.7. The molecule has 32 heavy (non-hydrogen) atoms. The van der Waals surface area contributed by atoms with Gasteiger partial charge in [0.15, 0.2) is 5.65 Å². The van der Waals surface area contributed by atoms with Gasteiger partial charge >= 0.3 is 0 Å². The molecule has 7 heteroatoms. The van der Waals surface area contributed by atoms with Crippen molar-refractivity contribution < 1.29 is 9.53 Å². The summed E-state index contributed by atoms with van der Waals surface area (Å²) in [4.78, 5) is 19.7. The summed E-state index contributed by atoms with van der Waals surface area (Å²) in [5.74, 6) is 0.0872. The smallest absolute Gasteiger partial charge is 0.220 e. The molecule has 1 fully saturated rings. The van der Waals surface area contributed by atoms with Crippen LogP contribution in [0.3, 0.4) is 0 Å². The number of morpholine rings is 1. The Morgan fingerprint density at radius 3 is 2.50 bits per heavy atom. The highest BCUT2D eigenvalue weighted by molar-refractivity contribution is 5.85. The van der Waals surface area contributed by atoms with Crippen LogP contribution < -0.4 is 5.32 Å². The van der Waals surface area contributed by atoms with Crippen LogP contribution in [0, 0.1) is 27.7 Å². The first-order chi connectivity index (χ1) is 15.4. The molecule has 1 amide bonds. The zero-order valence-electron chi connectivity index (χ0n) is 19.6. The van der Waals surface area contributed by atoms with Gasteiger partial charge in [0, 0.05) is 43.7 Å². The van der Waals surface area contributed by atoms with Crippen molar-refractivity contribution in [2.75, 3.05) is 39.4 Å². The lowest BCUT2D eigenvalue weighted by molar-refractivity contribution is -0.121. The SMILES string of the molecule is Cc1ccc(-n2nc(C)c3c(C)c(CCC(=O)NCCN4CCOCC4)c(C)nc32)cc1. The Hall–Kier alpha value is -2.77. The monoisotopic (exact) mass is 435 g/mol. The van der Waals surface area contributed by atoms with Crippen LogP contribution in [0.4, 0.5) is 0 Å². The number of aryl methyl sites for hydroxylation is 4. The van der Waals surface area contributed by atoms with Gasteiger partial charge < -0.3 is 10.1 Å². The van der Waals surface area contributed by atoms with Crippen molar-refractivity contribution in [1.29, 1.82) is 0 Å². The van der Waals surface area contributed by atoms with Gasteiger partial charge in [-0.2, -0.15) is 5.10 Å². The highest BCUT2D eigenvalue weighted by Crippen LogP contribution is 2.28. The lowest BCUT2D eigenvalue weighted by Gasteiger charge is -2.26. The number of amides is 1. The highest BCUT2D eigenvalue weighted by Gasteiger charge is 2.18. The Balaban J connectivity index is 1.45. The zero-order valence-corrected chi connectivity index (χ0v) is 19.6. The number of rotatable bonds is 7. The second-order valence-electron chi connectivity index (χ2n) is 8.64. The topological polar surface area (TPSA) is 72.3 Å². The van der Waals surface area contributed by atoms with Crippen LogP contribution >= 0.6 is 0 Å². The lowest BCUT2D eigenvalue weighted by Crippen LogP contribution is -2.41. The summed E-state index contributed by atoms with van der Waals surface area (Å²) in [5.41, 5.74) is 7.34. The minimum Gasteiger partial charge on any atom is -0.379 e. The Kier molecular flexibility index (Phi) is 6.86. The average Bonchev–Trinajstić information content (AvgIpc) is 3.11. The van der Waals surface area contributed by atoms with Crippen LogP contribution in [0.15, 0.2) is 24.3 Å². The Morgan fingerprint density at radius 1 is 1.06 bits per heavy atom. The molecule has 3 aromatic rings. The molecular formula is C25H33N5O2. The van der Waals surface area contributed by atoms with Crippen molar-refractivity contribution in [2.45, 2.75) is 40.5 Å². The minimum absolute atomic E-state index is 0.0872. The third kappa shape index (κ3) is 4.84. The maximum absolute atomic E-state index is 12.4. The van der Waals surface area contributed by atoms with Crippen LogP contribution in [0.1, 0.15) is 34.5 Å². The molecule has 0 spiro atoms. The number of hydrogen-bond acceptors (Lipinski definition) is 5. The number of ether oxygens (including phenoxy) is 1. The number of fused-ring (bicyclic) bond motifs is 1. The number of hydrogen-bond donors (Lipinski definition) is 1. The maximum atomic E-state index is 12.4. The van der Waals surface area contributed by atoms with Gasteiger partial charge in [0.25, 0.3) is 0 Å². The predicted molar refractivity (Wildman–Crippen MR) is 126 cm³/mol. The third-order valence-corrected chi connectivity index (χ3v) is 6.31. The predicted octanol–water partition coefficient (Wildman–Crippen LogP) is 3.04. The van der Waals surface area contributed by atoms with Crippen molar-refractivity contribution >= 4 is 16.9 Å². The number of carbonyl (C=O) groups excluding carboxylic acids is 1. The molecule has 0 aliphatic carbocycles. The minimum atomic E-state index is 0.0872. The molecular weight excluding hydrogens is 402 g/mol. The summed E-state index contributed by atoms with van der Waals surface area (Å²) in [5, 5.41) is 8.92. The number of benzene rings is 1. The Bertz CT molecular complexity index is 1100. The molecule has 0 atom stereocenters. The van der Waals surface area contributed by atoms with E-state index in [-0.39, 0.29) is 5.91 Å². The van der Waals surface area contributed by atoms with E-state index in [1.165, 1.54) is 11.1 Å². The second-order valence-corrected chi connectivity index (χ2v) is 8.64. The number of nitrogens with zero attached hydrogens (tertiary/aromatic N) is 4. The first-order valence-electron chi connectivity index (χ1n) is 11.4. The first-order valence-corrected chi connectivity index (χ1v) is 11.4. The molecule has 0 radical (unpaired) electrons. The maximum Gasteiger partial charge on any atom is 0.220 e. The van der Waals surface area contributed by atoms with Gasteiger partial charge in [-0.05, 0) is 57.4 Å². The van der Waals surface area contributed by atoms with E-state index < -0.39 is 0 Å². The molecule has 170 valence electrons. The summed E-state index contributed by atoms with van der Waals surface area (Å²) >= 11 is 0. The van der Waals surface area contributed by atoms with E-state index in [1.807, 2.05) is 18.5 Å². The van der Waals surface area contributed by atoms with Gasteiger partial charge in [0.2, 0.25) is 5.91 Å². The Labute approximate surface area is 189 Å². The van der Waals surface area contributed by atoms with Gasteiger partial charge in [-0.3, -0.25) is 9.69 Å². The van der Waals surface area contributed by atoms with E-state index in [2.05, 4.69) is 48.3 Å². The van der Waals surface area contributed by atoms with E-state index >= 15 is 0 Å². The van der Waals surface area contributed by atoms with Gasteiger partial charge in [-0.1, -0.05) is 17.7 Å². The fraction of sp³-hybridized carbons (Fsp3) is 0.480. The molecule has 1 aliphatic heterocycles. The standard InChI is InChI=1S/C25H33N5O2/c1-17-5-7-21(8-6-17)30-25-24(20(4)28-30)18(2)22(19(3)27-25)9-10-23(31)26-11-12-29-13-15-32-16-14-29/h5-8H,9-16H2,1-4H3,(H,26,31). The van der Waals surface area contributed by atoms with E-state index in [4.69, 9.17) is 14.8 Å². The summed E-state index contributed by atoms with van der Waals surface area (Å²) in [6.45, 7) is 13.2. The summed E-state index contributed by atoms with van der Waals surface area (Å²) in [6.07, 6.45) is 1.14. The molecule has 7 nitrogen and oxygen atoms in total. The summed E-state index contributed by atoms with van der Waals surface area (Å²) in [6, 6.07) is 8.32. The van der Waals surface area contributed by atoms with Gasteiger partial charge in [-0.25, -0.2) is 9.67 Å². The van der Waals surface area contributed by atoms with Crippen LogP contribution in [-0.4, -0.2) is 65.0 Å². The van der Waals surface area contributed by atoms with Gasteiger partial charge in [0.1, 0.15) is 0 Å². The van der Waals surface area contributed by atoms with E-state index in [0.29, 0.717) is 19.4 Å². The fourth-order valence-corrected chi connectivity index (χ4v) is 4.45. The molecule has 1 aliphatic rings. The normalized spacial score (nSPS) is 14.8. The van der Waals surface area contributed by atoms with Crippen molar-refractivity contribution in [3.8, 4) is 5.69 Å². The van der Waals surface area contributed by atoms with Crippen molar-refractivity contribution in [1.82, 2.24) is 25.0 Å². The van der Waals surface area contributed by atoms with E-state index in [1.54, 1.807) is 0 Å². The molecule has 0 bridgehead atoms. The van der Waals surface area contributed by atoms with E-state index in [0.717, 1.165) is 66.5 Å². The fourth-order valence-electron chi connectivity index (χ4n) is 4.45. The second kappa shape index (κ2) is 9.79. The van der Waals surface area contributed by atoms with Gasteiger partial charge in [-0.15, -0.1) is 0 Å². The number of aromatic nitrogens is 3. The summed E-state index contributed by atoms with van der Waals surface area (Å²) in [7, 11) is 0. The molecule has 0 saturated carbocycles. The molecule has 3 heterocycles. The van der Waals surface area contributed by atoms with Crippen LogP contribution in [0.25, 0.3) is 16.7 Å².